The lowest BCUT2D eigenvalue weighted by Crippen LogP contribution is -2.77. The largest absolute Gasteiger partial charge is 0.377 e. The van der Waals surface area contributed by atoms with E-state index in [9.17, 15) is 0 Å². The summed E-state index contributed by atoms with van der Waals surface area (Å²) in [7, 11) is 0. The van der Waals surface area contributed by atoms with Gasteiger partial charge in [0.15, 0.2) is 0 Å². The molecule has 0 spiro atoms. The standard InChI is InChI=1S/C13H21N3OS/c1-12(2)11-9(3-5-17-11)13(12,14)8-15-7-10-16-4-6-18-10/h4,6,9,11,15H,3,5,7-8,14H2,1-2H3. The molecule has 0 aromatic carbocycles. The van der Waals surface area contributed by atoms with Crippen molar-refractivity contribution >= 4 is 11.3 Å². The molecule has 3 rings (SSSR count). The van der Waals surface area contributed by atoms with E-state index in [-0.39, 0.29) is 11.0 Å². The van der Waals surface area contributed by atoms with Crippen LogP contribution in [0.4, 0.5) is 0 Å². The van der Waals surface area contributed by atoms with Crippen molar-refractivity contribution in [1.29, 1.82) is 0 Å². The number of hydrogen-bond donors (Lipinski definition) is 2. The fourth-order valence-electron chi connectivity index (χ4n) is 3.55. The summed E-state index contributed by atoms with van der Waals surface area (Å²) >= 11 is 1.68. The molecule has 2 heterocycles. The van der Waals surface area contributed by atoms with E-state index in [0.717, 1.165) is 31.1 Å². The van der Waals surface area contributed by atoms with Crippen LogP contribution < -0.4 is 11.1 Å². The first-order chi connectivity index (χ1) is 8.56. The Morgan fingerprint density at radius 3 is 3.17 bits per heavy atom. The number of aromatic nitrogens is 1. The average Bonchev–Trinajstić information content (AvgIpc) is 2.99. The van der Waals surface area contributed by atoms with Gasteiger partial charge in [-0.25, -0.2) is 4.98 Å². The van der Waals surface area contributed by atoms with Crippen LogP contribution in [-0.4, -0.2) is 29.8 Å². The van der Waals surface area contributed by atoms with Crippen LogP contribution in [0.3, 0.4) is 0 Å². The number of fused-ring (bicyclic) bond motifs is 1. The number of ether oxygens (including phenoxy) is 1. The molecule has 18 heavy (non-hydrogen) atoms. The minimum Gasteiger partial charge on any atom is -0.377 e. The summed E-state index contributed by atoms with van der Waals surface area (Å²) in [5.74, 6) is 0.510. The summed E-state index contributed by atoms with van der Waals surface area (Å²) in [4.78, 5) is 4.27. The molecule has 100 valence electrons. The van der Waals surface area contributed by atoms with Gasteiger partial charge in [0.2, 0.25) is 0 Å². The van der Waals surface area contributed by atoms with Gasteiger partial charge >= 0.3 is 0 Å². The van der Waals surface area contributed by atoms with Gasteiger partial charge in [-0.3, -0.25) is 0 Å². The maximum atomic E-state index is 6.65. The number of thiazole rings is 1. The first-order valence-electron chi connectivity index (χ1n) is 6.55. The zero-order valence-electron chi connectivity index (χ0n) is 11.0. The Bertz CT molecular complexity index is 420. The normalized spacial score (nSPS) is 37.3. The van der Waals surface area contributed by atoms with E-state index in [1.165, 1.54) is 0 Å². The molecule has 2 fully saturated rings. The Labute approximate surface area is 112 Å². The van der Waals surface area contributed by atoms with Crippen molar-refractivity contribution in [3.05, 3.63) is 16.6 Å². The third kappa shape index (κ3) is 1.65. The van der Waals surface area contributed by atoms with Crippen molar-refractivity contribution in [2.75, 3.05) is 13.2 Å². The number of nitrogens with zero attached hydrogens (tertiary/aromatic N) is 1. The van der Waals surface area contributed by atoms with Gasteiger partial charge in [0, 0.05) is 48.1 Å². The van der Waals surface area contributed by atoms with Crippen LogP contribution in [0.25, 0.3) is 0 Å². The molecular weight excluding hydrogens is 246 g/mol. The van der Waals surface area contributed by atoms with E-state index in [1.807, 2.05) is 11.6 Å². The molecule has 0 bridgehead atoms. The van der Waals surface area contributed by atoms with Gasteiger partial charge in [-0.05, 0) is 6.42 Å². The lowest BCUT2D eigenvalue weighted by Gasteiger charge is -2.62. The first kappa shape index (κ1) is 12.5. The molecule has 4 nitrogen and oxygen atoms in total. The van der Waals surface area contributed by atoms with Crippen LogP contribution in [-0.2, 0) is 11.3 Å². The van der Waals surface area contributed by atoms with Crippen LogP contribution in [0.2, 0.25) is 0 Å². The average molecular weight is 267 g/mol. The van der Waals surface area contributed by atoms with E-state index in [4.69, 9.17) is 10.5 Å². The molecule has 5 heteroatoms. The summed E-state index contributed by atoms with van der Waals surface area (Å²) in [5, 5.41) is 6.59. The Hall–Kier alpha value is -0.490. The predicted molar refractivity (Wildman–Crippen MR) is 72.4 cm³/mol. The Morgan fingerprint density at radius 2 is 2.44 bits per heavy atom. The molecule has 0 amide bonds. The summed E-state index contributed by atoms with van der Waals surface area (Å²) in [6, 6.07) is 0. The highest BCUT2D eigenvalue weighted by Gasteiger charge is 2.67. The molecule has 0 radical (unpaired) electrons. The Morgan fingerprint density at radius 1 is 1.61 bits per heavy atom. The number of rotatable bonds is 4. The molecule has 1 saturated heterocycles. The molecule has 3 unspecified atom stereocenters. The fourth-order valence-corrected chi connectivity index (χ4v) is 4.14. The lowest BCUT2D eigenvalue weighted by atomic mass is 9.48. The van der Waals surface area contributed by atoms with E-state index < -0.39 is 0 Å². The molecule has 1 aromatic heterocycles. The van der Waals surface area contributed by atoms with Gasteiger partial charge in [-0.15, -0.1) is 11.3 Å². The van der Waals surface area contributed by atoms with E-state index in [1.54, 1.807) is 11.3 Å². The van der Waals surface area contributed by atoms with Crippen LogP contribution in [0.15, 0.2) is 11.6 Å². The lowest BCUT2D eigenvalue weighted by molar-refractivity contribution is -0.153. The van der Waals surface area contributed by atoms with Crippen LogP contribution in [0, 0.1) is 11.3 Å². The number of hydrogen-bond acceptors (Lipinski definition) is 5. The van der Waals surface area contributed by atoms with E-state index in [2.05, 4.69) is 24.1 Å². The van der Waals surface area contributed by atoms with E-state index in [0.29, 0.717) is 12.0 Å². The quantitative estimate of drug-likeness (QED) is 0.865. The van der Waals surface area contributed by atoms with Crippen molar-refractivity contribution in [1.82, 2.24) is 10.3 Å². The summed E-state index contributed by atoms with van der Waals surface area (Å²) in [6.07, 6.45) is 3.29. The highest BCUT2D eigenvalue weighted by atomic mass is 32.1. The zero-order valence-corrected chi connectivity index (χ0v) is 11.8. The van der Waals surface area contributed by atoms with Gasteiger partial charge in [0.1, 0.15) is 5.01 Å². The first-order valence-corrected chi connectivity index (χ1v) is 7.43. The molecule has 3 N–H and O–H groups in total. The van der Waals surface area contributed by atoms with Crippen LogP contribution in [0.1, 0.15) is 25.3 Å². The molecule has 3 atom stereocenters. The van der Waals surface area contributed by atoms with Gasteiger partial charge in [0.05, 0.1) is 6.10 Å². The highest BCUT2D eigenvalue weighted by molar-refractivity contribution is 7.09. The Kier molecular flexibility index (Phi) is 2.97. The maximum absolute atomic E-state index is 6.65. The van der Waals surface area contributed by atoms with Gasteiger partial charge in [-0.1, -0.05) is 13.8 Å². The molecular formula is C13H21N3OS. The van der Waals surface area contributed by atoms with Crippen LogP contribution in [0.5, 0.6) is 0 Å². The second-order valence-electron chi connectivity index (χ2n) is 5.98. The minimum absolute atomic E-state index is 0.0596. The molecule has 1 aliphatic heterocycles. The fraction of sp³-hybridized carbons (Fsp3) is 0.769. The van der Waals surface area contributed by atoms with Crippen LogP contribution >= 0.6 is 11.3 Å². The minimum atomic E-state index is -0.147. The highest BCUT2D eigenvalue weighted by Crippen LogP contribution is 2.57. The number of nitrogens with one attached hydrogen (secondary N) is 1. The van der Waals surface area contributed by atoms with Crippen molar-refractivity contribution in [2.45, 2.75) is 38.5 Å². The van der Waals surface area contributed by atoms with Gasteiger partial charge in [-0.2, -0.15) is 0 Å². The second-order valence-corrected chi connectivity index (χ2v) is 6.96. The van der Waals surface area contributed by atoms with Crippen molar-refractivity contribution in [2.24, 2.45) is 17.1 Å². The number of nitrogens with two attached hydrogens (primary N) is 1. The van der Waals surface area contributed by atoms with Crippen molar-refractivity contribution in [3.63, 3.8) is 0 Å². The zero-order chi connectivity index (χ0) is 12.8. The second kappa shape index (κ2) is 4.27. The topological polar surface area (TPSA) is 60.2 Å². The van der Waals surface area contributed by atoms with E-state index >= 15 is 0 Å². The van der Waals surface area contributed by atoms with Crippen molar-refractivity contribution < 1.29 is 4.74 Å². The monoisotopic (exact) mass is 267 g/mol. The molecule has 1 saturated carbocycles. The summed E-state index contributed by atoms with van der Waals surface area (Å²) in [5.41, 5.74) is 6.56. The third-order valence-corrected chi connectivity index (χ3v) is 5.62. The molecule has 1 aliphatic carbocycles. The van der Waals surface area contributed by atoms with Gasteiger partial charge < -0.3 is 15.8 Å². The maximum Gasteiger partial charge on any atom is 0.106 e. The summed E-state index contributed by atoms with van der Waals surface area (Å²) < 4.78 is 5.80. The van der Waals surface area contributed by atoms with Crippen molar-refractivity contribution in [3.8, 4) is 0 Å². The summed E-state index contributed by atoms with van der Waals surface area (Å²) in [6.45, 7) is 6.97. The van der Waals surface area contributed by atoms with Gasteiger partial charge in [0.25, 0.3) is 0 Å². The third-order valence-electron chi connectivity index (χ3n) is 4.84. The smallest absolute Gasteiger partial charge is 0.106 e. The molecule has 2 aliphatic rings. The Balaban J connectivity index is 1.61. The SMILES string of the molecule is CC1(C)C2OCCC2C1(N)CNCc1nccs1. The molecule has 1 aromatic rings. The predicted octanol–water partition coefficient (Wildman–Crippen LogP) is 1.38.